The van der Waals surface area contributed by atoms with Gasteiger partial charge in [0.25, 0.3) is 5.91 Å². The van der Waals surface area contributed by atoms with Crippen LogP contribution in [0, 0.1) is 0 Å². The number of amides is 1. The zero-order valence-corrected chi connectivity index (χ0v) is 23.0. The number of aliphatic hydroxyl groups is 2. The molecule has 0 bridgehead atoms. The van der Waals surface area contributed by atoms with Gasteiger partial charge in [-0.05, 0) is 32.9 Å². The van der Waals surface area contributed by atoms with Crippen molar-refractivity contribution in [3.05, 3.63) is 35.8 Å². The minimum atomic E-state index is -4.74. The first kappa shape index (κ1) is 29.7. The number of nitrogens with zero attached hydrogens (tertiary/aromatic N) is 5. The van der Waals surface area contributed by atoms with Crippen LogP contribution in [0.1, 0.15) is 49.2 Å². The molecule has 2 aliphatic rings. The lowest BCUT2D eigenvalue weighted by Gasteiger charge is -2.46. The van der Waals surface area contributed by atoms with Gasteiger partial charge in [0.1, 0.15) is 30.3 Å². The second kappa shape index (κ2) is 11.3. The first-order chi connectivity index (χ1) is 18.9. The number of aromatic nitrogens is 2. The molecule has 7 N–H and O–H groups in total. The molecule has 3 unspecified atom stereocenters. The third-order valence-electron chi connectivity index (χ3n) is 7.39. The average molecular weight is 585 g/mol. The van der Waals surface area contributed by atoms with Gasteiger partial charge in [-0.25, -0.2) is 19.3 Å². The molecule has 2 aromatic rings. The van der Waals surface area contributed by atoms with E-state index in [1.165, 1.54) is 17.0 Å². The van der Waals surface area contributed by atoms with Crippen LogP contribution in [-0.4, -0.2) is 105 Å². The summed E-state index contributed by atoms with van der Waals surface area (Å²) in [5.74, 6) is -2.38. The Morgan fingerprint density at radius 3 is 2.50 bits per heavy atom. The summed E-state index contributed by atoms with van der Waals surface area (Å²) < 4.78 is 38.7. The number of quaternary nitrogens is 1. The molecule has 5 atom stereocenters. The topological polar surface area (TPSA) is 222 Å². The van der Waals surface area contributed by atoms with E-state index >= 15 is 0 Å². The van der Waals surface area contributed by atoms with E-state index in [1.807, 2.05) is 5.01 Å². The van der Waals surface area contributed by atoms with E-state index in [0.29, 0.717) is 16.1 Å². The number of carbonyl (C=O) groups is 1. The van der Waals surface area contributed by atoms with E-state index in [-0.39, 0.29) is 0 Å². The van der Waals surface area contributed by atoms with Crippen molar-refractivity contribution in [3.8, 4) is 11.5 Å². The standard InChI is InChI=1S/C23H33N7O9S/c1-4-30(5-2,6-3)29-12-26-21-16(20(29)24)25-11-28(21)23-19(34)18(33)15(39-23)10-38-40(36,37)27-22(35)13-8-7-9-14(31)17(13)32/h7-9,11-12,15,18-20,23,33-34H,4-6,10,24H2,1-3H3,(H2-,27,31,32,35)/p+1/t15-,18?,19?,20?,23-/m1/s1. The number of aromatic hydroxyl groups is 2. The number of rotatable bonds is 10. The second-order valence-corrected chi connectivity index (χ2v) is 10.7. The Hall–Kier alpha value is -3.32. The molecule has 0 saturated carbocycles. The summed E-state index contributed by atoms with van der Waals surface area (Å²) in [5.41, 5.74) is 6.47. The van der Waals surface area contributed by atoms with Crippen LogP contribution in [0.5, 0.6) is 11.5 Å². The number of hydrogen-bond donors (Lipinski definition) is 6. The van der Waals surface area contributed by atoms with Gasteiger partial charge >= 0.3 is 10.3 Å². The summed E-state index contributed by atoms with van der Waals surface area (Å²) in [6.45, 7) is 7.72. The Kier molecular flexibility index (Phi) is 8.36. The molecular formula is C23H34N7O9S+. The molecule has 1 aromatic carbocycles. The molecule has 1 saturated heterocycles. The molecule has 2 aliphatic heterocycles. The number of aliphatic imine (C=N–C) groups is 1. The Labute approximate surface area is 230 Å². The quantitative estimate of drug-likeness (QED) is 0.151. The van der Waals surface area contributed by atoms with E-state index < -0.39 is 70.6 Å². The van der Waals surface area contributed by atoms with Gasteiger partial charge in [0.15, 0.2) is 29.7 Å². The normalized spacial score (nSPS) is 24.8. The minimum absolute atomic E-state index is 0.314. The molecule has 1 fully saturated rings. The summed E-state index contributed by atoms with van der Waals surface area (Å²) in [6, 6.07) is 3.44. The fraction of sp³-hybridized carbons (Fsp3) is 0.522. The van der Waals surface area contributed by atoms with Gasteiger partial charge < -0.3 is 30.9 Å². The van der Waals surface area contributed by atoms with E-state index in [0.717, 1.165) is 31.8 Å². The van der Waals surface area contributed by atoms with Gasteiger partial charge in [0, 0.05) is 0 Å². The van der Waals surface area contributed by atoms with Crippen molar-refractivity contribution in [1.82, 2.24) is 19.3 Å². The maximum atomic E-state index is 12.3. The van der Waals surface area contributed by atoms with Crippen molar-refractivity contribution in [1.29, 1.82) is 0 Å². The Morgan fingerprint density at radius 1 is 1.18 bits per heavy atom. The van der Waals surface area contributed by atoms with Crippen LogP contribution in [0.4, 0.5) is 5.82 Å². The second-order valence-electron chi connectivity index (χ2n) is 9.36. The van der Waals surface area contributed by atoms with Gasteiger partial charge in [-0.2, -0.15) is 13.4 Å². The fourth-order valence-electron chi connectivity index (χ4n) is 4.91. The van der Waals surface area contributed by atoms with Gasteiger partial charge in [-0.3, -0.25) is 13.5 Å². The van der Waals surface area contributed by atoms with Crippen LogP contribution < -0.4 is 10.5 Å². The molecule has 0 aliphatic carbocycles. The summed E-state index contributed by atoms with van der Waals surface area (Å²) in [7, 11) is -4.74. The predicted molar refractivity (Wildman–Crippen MR) is 139 cm³/mol. The zero-order chi connectivity index (χ0) is 29.4. The summed E-state index contributed by atoms with van der Waals surface area (Å²) in [6.07, 6.45) is -3.25. The molecule has 4 rings (SSSR count). The number of para-hydroxylation sites is 1. The molecule has 220 valence electrons. The highest BCUT2D eigenvalue weighted by atomic mass is 32.2. The minimum Gasteiger partial charge on any atom is -0.504 e. The van der Waals surface area contributed by atoms with Crippen molar-refractivity contribution in [2.45, 2.75) is 51.5 Å². The molecule has 1 aromatic heterocycles. The molecule has 16 nitrogen and oxygen atoms in total. The highest BCUT2D eigenvalue weighted by Gasteiger charge is 2.47. The monoisotopic (exact) mass is 584 g/mol. The SMILES string of the molecule is CC[N+](CC)(CC)N1C=Nc2c(ncn2[C@@H]2O[C@H](COS(=O)(=O)NC(=O)c3cccc(O)c3O)C(O)C2O)C1N. The average Bonchev–Trinajstić information content (AvgIpc) is 3.47. The van der Waals surface area contributed by atoms with Crippen molar-refractivity contribution < 1.29 is 47.2 Å². The van der Waals surface area contributed by atoms with Gasteiger partial charge in [0.2, 0.25) is 0 Å². The van der Waals surface area contributed by atoms with Crippen LogP contribution in [0.3, 0.4) is 0 Å². The number of benzene rings is 1. The molecular weight excluding hydrogens is 550 g/mol. The Bertz CT molecular complexity index is 1370. The number of phenols is 2. The first-order valence-corrected chi connectivity index (χ1v) is 14.1. The van der Waals surface area contributed by atoms with Gasteiger partial charge in [-0.15, -0.1) is 0 Å². The largest absolute Gasteiger partial charge is 0.504 e. The Morgan fingerprint density at radius 2 is 1.85 bits per heavy atom. The van der Waals surface area contributed by atoms with Crippen LogP contribution in [-0.2, 0) is 19.2 Å². The van der Waals surface area contributed by atoms with Crippen LogP contribution in [0.15, 0.2) is 29.5 Å². The number of nitrogens with one attached hydrogen (secondary N) is 1. The fourth-order valence-corrected chi connectivity index (χ4v) is 5.62. The lowest BCUT2D eigenvalue weighted by atomic mass is 10.1. The molecule has 0 radical (unpaired) electrons. The molecule has 1 amide bonds. The smallest absolute Gasteiger partial charge is 0.362 e. The van der Waals surface area contributed by atoms with Crippen molar-refractivity contribution in [2.24, 2.45) is 10.7 Å². The molecule has 17 heteroatoms. The van der Waals surface area contributed by atoms with Gasteiger partial charge in [0.05, 0.1) is 38.1 Å². The zero-order valence-electron chi connectivity index (χ0n) is 22.2. The number of aliphatic hydroxyl groups excluding tert-OH is 2. The summed E-state index contributed by atoms with van der Waals surface area (Å²) in [4.78, 5) is 21.1. The van der Waals surface area contributed by atoms with E-state index in [1.54, 1.807) is 11.1 Å². The lowest BCUT2D eigenvalue weighted by Crippen LogP contribution is -2.62. The maximum Gasteiger partial charge on any atom is 0.362 e. The highest BCUT2D eigenvalue weighted by molar-refractivity contribution is 7.85. The third kappa shape index (κ3) is 5.24. The van der Waals surface area contributed by atoms with Gasteiger partial charge in [-0.1, -0.05) is 6.07 Å². The molecule has 3 heterocycles. The van der Waals surface area contributed by atoms with Crippen LogP contribution in [0.25, 0.3) is 0 Å². The van der Waals surface area contributed by atoms with Crippen LogP contribution >= 0.6 is 0 Å². The molecule has 0 spiro atoms. The van der Waals surface area contributed by atoms with E-state index in [4.69, 9.17) is 14.7 Å². The first-order valence-electron chi connectivity index (χ1n) is 12.6. The Balaban J connectivity index is 1.45. The number of hydrogen-bond acceptors (Lipinski definition) is 13. The summed E-state index contributed by atoms with van der Waals surface area (Å²) in [5, 5.41) is 42.5. The summed E-state index contributed by atoms with van der Waals surface area (Å²) >= 11 is 0. The number of carbonyl (C=O) groups excluding carboxylic acids is 1. The maximum absolute atomic E-state index is 12.3. The number of ether oxygens (including phenoxy) is 1. The third-order valence-corrected chi connectivity index (χ3v) is 8.27. The van der Waals surface area contributed by atoms with Crippen molar-refractivity contribution >= 4 is 28.4 Å². The van der Waals surface area contributed by atoms with Crippen LogP contribution in [0.2, 0.25) is 0 Å². The number of nitrogens with two attached hydrogens (primary N) is 1. The van der Waals surface area contributed by atoms with Crippen molar-refractivity contribution in [2.75, 3.05) is 26.2 Å². The van der Waals surface area contributed by atoms with Crippen molar-refractivity contribution in [3.63, 3.8) is 0 Å². The lowest BCUT2D eigenvalue weighted by molar-refractivity contribution is -1.02. The van der Waals surface area contributed by atoms with E-state index in [9.17, 15) is 33.6 Å². The van der Waals surface area contributed by atoms with E-state index in [2.05, 4.69) is 30.7 Å². The molecule has 40 heavy (non-hydrogen) atoms. The number of fused-ring (bicyclic) bond motifs is 1. The highest BCUT2D eigenvalue weighted by Crippen LogP contribution is 2.38. The number of imidazole rings is 1. The predicted octanol–water partition coefficient (Wildman–Crippen LogP) is -0.671. The number of phenolic OH excluding ortho intramolecular Hbond substituents is 2.